The van der Waals surface area contributed by atoms with Crippen LogP contribution in [0.2, 0.25) is 0 Å². The van der Waals surface area contributed by atoms with E-state index in [9.17, 15) is 14.7 Å². The Morgan fingerprint density at radius 2 is 0.537 bits per heavy atom. The van der Waals surface area contributed by atoms with Crippen molar-refractivity contribution in [2.24, 2.45) is 0 Å². The van der Waals surface area contributed by atoms with Crippen LogP contribution in [-0.4, -0.2) is 36.4 Å². The summed E-state index contributed by atoms with van der Waals surface area (Å²) in [5.74, 6) is -0.570. The Hall–Kier alpha value is -2.66. The van der Waals surface area contributed by atoms with E-state index in [4.69, 9.17) is 9.47 Å². The molecule has 0 aliphatic rings. The Kier molecular flexibility index (Phi) is 68.3. The van der Waals surface area contributed by atoms with E-state index < -0.39 is 6.10 Å². The van der Waals surface area contributed by atoms with E-state index in [1.807, 2.05) is 0 Å². The van der Waals surface area contributed by atoms with Crippen LogP contribution in [0.5, 0.6) is 0 Å². The van der Waals surface area contributed by atoms with Gasteiger partial charge >= 0.3 is 11.9 Å². The number of carbonyl (C=O) groups excluding carboxylic acids is 2. The number of carbonyl (C=O) groups is 2. The Labute approximate surface area is 499 Å². The maximum atomic E-state index is 12.4. The molecule has 0 bridgehead atoms. The molecule has 0 saturated carbocycles. The fourth-order valence-corrected chi connectivity index (χ4v) is 10.7. The van der Waals surface area contributed by atoms with E-state index in [1.165, 1.54) is 276 Å². The van der Waals surface area contributed by atoms with E-state index >= 15 is 0 Å². The van der Waals surface area contributed by atoms with Crippen molar-refractivity contribution in [3.63, 3.8) is 0 Å². The molecule has 5 heteroatoms. The first-order valence-electron chi connectivity index (χ1n) is 35.5. The third-order valence-electron chi connectivity index (χ3n) is 16.0. The van der Waals surface area contributed by atoms with E-state index in [0.717, 1.165) is 70.6 Å². The highest BCUT2D eigenvalue weighted by Crippen LogP contribution is 2.19. The summed E-state index contributed by atoms with van der Waals surface area (Å²) in [4.78, 5) is 24.7. The maximum absolute atomic E-state index is 12.4. The third-order valence-corrected chi connectivity index (χ3v) is 16.0. The number of allylic oxidation sites excluding steroid dienone is 12. The smallest absolute Gasteiger partial charge is 0.306 e. The van der Waals surface area contributed by atoms with Crippen LogP contribution < -0.4 is 0 Å². The molecule has 80 heavy (non-hydrogen) atoms. The number of hydrogen-bond acceptors (Lipinski definition) is 5. The molecule has 0 saturated heterocycles. The summed E-state index contributed by atoms with van der Waals surface area (Å²) in [7, 11) is 0. The monoisotopic (exact) mass is 1120 g/mol. The molecular formula is C75H136O5. The SMILES string of the molecule is CC/C=C\C/C=C\C/C=C\C/C=C\C/C=C\CCCCCCCCCCCCCCCCCCCCCC(=O)OC(CO)COC(=O)CCCCCCCCCCCCCCCCCCCCC/C=C\CCCCCCCCCC. The van der Waals surface area contributed by atoms with Crippen molar-refractivity contribution in [2.45, 2.75) is 380 Å². The number of aliphatic hydroxyl groups is 1. The quantitative estimate of drug-likeness (QED) is 0.0373. The number of ether oxygens (including phenoxy) is 2. The summed E-state index contributed by atoms with van der Waals surface area (Å²) in [5.41, 5.74) is 0. The lowest BCUT2D eigenvalue weighted by Crippen LogP contribution is -2.28. The first-order valence-corrected chi connectivity index (χ1v) is 35.5. The molecule has 5 nitrogen and oxygen atoms in total. The molecule has 0 heterocycles. The Morgan fingerprint density at radius 3 is 0.825 bits per heavy atom. The largest absolute Gasteiger partial charge is 0.462 e. The van der Waals surface area contributed by atoms with Crippen LogP contribution in [0, 0.1) is 0 Å². The molecule has 0 spiro atoms. The zero-order chi connectivity index (χ0) is 57.6. The van der Waals surface area contributed by atoms with Gasteiger partial charge in [0, 0.05) is 12.8 Å². The second-order valence-electron chi connectivity index (χ2n) is 23.9. The molecule has 0 aromatic carbocycles. The molecule has 1 N–H and O–H groups in total. The van der Waals surface area contributed by atoms with Crippen LogP contribution in [0.15, 0.2) is 72.9 Å². The molecule has 1 unspecified atom stereocenters. The average molecular weight is 1120 g/mol. The van der Waals surface area contributed by atoms with Gasteiger partial charge in [-0.05, 0) is 83.5 Å². The summed E-state index contributed by atoms with van der Waals surface area (Å²) >= 11 is 0. The minimum absolute atomic E-state index is 0.0617. The zero-order valence-corrected chi connectivity index (χ0v) is 53.6. The normalized spacial score (nSPS) is 12.6. The van der Waals surface area contributed by atoms with Gasteiger partial charge in [0.25, 0.3) is 0 Å². The number of aliphatic hydroxyl groups excluding tert-OH is 1. The number of rotatable bonds is 66. The number of esters is 2. The Bertz CT molecular complexity index is 1400. The lowest BCUT2D eigenvalue weighted by atomic mass is 10.0. The third kappa shape index (κ3) is 67.8. The molecule has 0 amide bonds. The number of unbranched alkanes of at least 4 members (excludes halogenated alkanes) is 46. The van der Waals surface area contributed by atoms with Crippen molar-refractivity contribution in [1.29, 1.82) is 0 Å². The highest BCUT2D eigenvalue weighted by Gasteiger charge is 2.16. The van der Waals surface area contributed by atoms with Crippen molar-refractivity contribution in [3.05, 3.63) is 72.9 Å². The topological polar surface area (TPSA) is 72.8 Å². The van der Waals surface area contributed by atoms with Crippen LogP contribution in [0.3, 0.4) is 0 Å². The summed E-state index contributed by atoms with van der Waals surface area (Å²) in [5, 5.41) is 9.71. The van der Waals surface area contributed by atoms with Crippen molar-refractivity contribution in [3.8, 4) is 0 Å². The lowest BCUT2D eigenvalue weighted by molar-refractivity contribution is -0.161. The molecule has 0 aromatic heterocycles. The van der Waals surface area contributed by atoms with Crippen molar-refractivity contribution in [1.82, 2.24) is 0 Å². The molecule has 0 fully saturated rings. The Balaban J connectivity index is 3.41. The van der Waals surface area contributed by atoms with Gasteiger partial charge in [-0.1, -0.05) is 350 Å². The molecule has 466 valence electrons. The second kappa shape index (κ2) is 70.6. The summed E-state index contributed by atoms with van der Waals surface area (Å²) in [6.07, 6.45) is 98.0. The minimum Gasteiger partial charge on any atom is -0.462 e. The average Bonchev–Trinajstić information content (AvgIpc) is 3.46. The standard InChI is InChI=1S/C75H136O5/c1-3-5-7-9-11-13-15-17-19-21-23-25-27-29-31-33-35-36-37-38-40-42-44-46-48-50-52-54-56-58-60-62-64-66-68-70-75(78)80-73(71-76)72-79-74(77)69-67-65-63-61-59-57-55-53-51-49-47-45-43-41-39-34-32-30-28-26-24-22-20-18-16-14-12-10-8-6-4-2/h5,7,11,13,17,19,22-25,29,31,73,76H,3-4,6,8-10,12,14-16,18,20-21,26-28,30,32-72H2,1-2H3/b7-5-,13-11-,19-17-,24-22-,25-23-,31-29-. The van der Waals surface area contributed by atoms with Gasteiger partial charge in [-0.25, -0.2) is 0 Å². The first-order chi connectivity index (χ1) is 39.6. The van der Waals surface area contributed by atoms with Crippen molar-refractivity contribution < 1.29 is 24.2 Å². The van der Waals surface area contributed by atoms with E-state index in [-0.39, 0.29) is 25.2 Å². The van der Waals surface area contributed by atoms with Crippen molar-refractivity contribution >= 4 is 11.9 Å². The molecule has 0 radical (unpaired) electrons. The highest BCUT2D eigenvalue weighted by atomic mass is 16.6. The second-order valence-corrected chi connectivity index (χ2v) is 23.9. The van der Waals surface area contributed by atoms with Gasteiger partial charge in [-0.3, -0.25) is 9.59 Å². The minimum atomic E-state index is -0.773. The number of hydrogen-bond donors (Lipinski definition) is 1. The van der Waals surface area contributed by atoms with Crippen LogP contribution in [0.4, 0.5) is 0 Å². The first kappa shape index (κ1) is 77.3. The molecule has 0 aromatic rings. The van der Waals surface area contributed by atoms with Gasteiger partial charge in [0.05, 0.1) is 6.61 Å². The van der Waals surface area contributed by atoms with E-state index in [1.54, 1.807) is 0 Å². The summed E-state index contributed by atoms with van der Waals surface area (Å²) in [6, 6.07) is 0. The van der Waals surface area contributed by atoms with Crippen LogP contribution >= 0.6 is 0 Å². The molecule has 0 rings (SSSR count). The van der Waals surface area contributed by atoms with Gasteiger partial charge in [-0.2, -0.15) is 0 Å². The van der Waals surface area contributed by atoms with Crippen molar-refractivity contribution in [2.75, 3.05) is 13.2 Å². The van der Waals surface area contributed by atoms with Gasteiger partial charge in [0.1, 0.15) is 6.61 Å². The summed E-state index contributed by atoms with van der Waals surface area (Å²) < 4.78 is 10.8. The molecule has 0 aliphatic carbocycles. The van der Waals surface area contributed by atoms with Gasteiger partial charge in [0.15, 0.2) is 6.10 Å². The van der Waals surface area contributed by atoms with Gasteiger partial charge < -0.3 is 14.6 Å². The molecular weight excluding hydrogens is 981 g/mol. The fourth-order valence-electron chi connectivity index (χ4n) is 10.7. The predicted octanol–water partition coefficient (Wildman–Crippen LogP) is 24.7. The molecule has 1 atom stereocenters. The summed E-state index contributed by atoms with van der Waals surface area (Å²) in [6.45, 7) is 4.08. The van der Waals surface area contributed by atoms with Crippen LogP contribution in [0.1, 0.15) is 373 Å². The predicted molar refractivity (Wildman–Crippen MR) is 353 cm³/mol. The highest BCUT2D eigenvalue weighted by molar-refractivity contribution is 5.70. The lowest BCUT2D eigenvalue weighted by Gasteiger charge is -2.15. The fraction of sp³-hybridized carbons (Fsp3) is 0.813. The van der Waals surface area contributed by atoms with E-state index in [2.05, 4.69) is 86.8 Å². The zero-order valence-electron chi connectivity index (χ0n) is 53.6. The van der Waals surface area contributed by atoms with Crippen LogP contribution in [0.25, 0.3) is 0 Å². The molecule has 0 aliphatic heterocycles. The van der Waals surface area contributed by atoms with Crippen LogP contribution in [-0.2, 0) is 19.1 Å². The van der Waals surface area contributed by atoms with E-state index in [0.29, 0.717) is 12.8 Å². The van der Waals surface area contributed by atoms with Gasteiger partial charge in [0.2, 0.25) is 0 Å². The maximum Gasteiger partial charge on any atom is 0.306 e. The Morgan fingerprint density at radius 1 is 0.300 bits per heavy atom. The van der Waals surface area contributed by atoms with Gasteiger partial charge in [-0.15, -0.1) is 0 Å².